The number of aromatic nitrogens is 2. The summed E-state index contributed by atoms with van der Waals surface area (Å²) in [5.41, 5.74) is 3.26. The number of hydrogen-bond acceptors (Lipinski definition) is 6. The van der Waals surface area contributed by atoms with Gasteiger partial charge in [0.15, 0.2) is 23.0 Å². The molecule has 0 aliphatic heterocycles. The molecule has 1 aromatic heterocycles. The number of carbonyl (C=O) groups excluding carboxylic acids is 1. The average molecular weight is 411 g/mol. The number of H-pyrrole nitrogens is 1. The number of carbonyl (C=O) groups is 1. The highest BCUT2D eigenvalue weighted by Gasteiger charge is 2.19. The standard InChI is InChI=1S/C22H25N3O5/c1-6-15-21(23-22(26)14-8-10-17(28-3)19(12-14)30-5)20(25-24-15)13-7-9-16(27-2)18(11-13)29-4/h7-12H,6H2,1-5H3,(H,23,26)(H,24,25). The van der Waals surface area contributed by atoms with Crippen LogP contribution in [0.15, 0.2) is 36.4 Å². The first kappa shape index (κ1) is 21.0. The molecule has 0 fully saturated rings. The van der Waals surface area contributed by atoms with Crippen molar-refractivity contribution in [3.05, 3.63) is 47.7 Å². The summed E-state index contributed by atoms with van der Waals surface area (Å²) in [5.74, 6) is 1.94. The molecular formula is C22H25N3O5. The van der Waals surface area contributed by atoms with Gasteiger partial charge in [-0.25, -0.2) is 0 Å². The summed E-state index contributed by atoms with van der Waals surface area (Å²) < 4.78 is 21.2. The van der Waals surface area contributed by atoms with Crippen molar-refractivity contribution in [2.45, 2.75) is 13.3 Å². The number of anilines is 1. The van der Waals surface area contributed by atoms with Crippen molar-refractivity contribution in [2.75, 3.05) is 33.8 Å². The van der Waals surface area contributed by atoms with E-state index in [2.05, 4.69) is 15.5 Å². The number of aryl methyl sites for hydroxylation is 1. The van der Waals surface area contributed by atoms with Crippen LogP contribution in [0.3, 0.4) is 0 Å². The molecule has 3 rings (SSSR count). The lowest BCUT2D eigenvalue weighted by atomic mass is 10.1. The van der Waals surface area contributed by atoms with E-state index in [1.165, 1.54) is 7.11 Å². The van der Waals surface area contributed by atoms with Crippen LogP contribution < -0.4 is 24.3 Å². The van der Waals surface area contributed by atoms with Gasteiger partial charge in [-0.3, -0.25) is 9.89 Å². The lowest BCUT2D eigenvalue weighted by Crippen LogP contribution is -2.13. The molecule has 2 N–H and O–H groups in total. The minimum atomic E-state index is -0.284. The average Bonchev–Trinajstić information content (AvgIpc) is 3.20. The molecule has 3 aromatic rings. The van der Waals surface area contributed by atoms with Crippen LogP contribution in [0.5, 0.6) is 23.0 Å². The highest BCUT2D eigenvalue weighted by molar-refractivity contribution is 6.06. The summed E-state index contributed by atoms with van der Waals surface area (Å²) in [6, 6.07) is 10.5. The molecule has 0 bridgehead atoms. The third kappa shape index (κ3) is 4.03. The molecule has 0 radical (unpaired) electrons. The largest absolute Gasteiger partial charge is 0.493 e. The zero-order valence-electron chi connectivity index (χ0n) is 17.7. The third-order valence-electron chi connectivity index (χ3n) is 4.74. The fourth-order valence-corrected chi connectivity index (χ4v) is 3.12. The van der Waals surface area contributed by atoms with Crippen molar-refractivity contribution in [1.82, 2.24) is 10.2 Å². The highest BCUT2D eigenvalue weighted by Crippen LogP contribution is 2.36. The first-order valence-corrected chi connectivity index (χ1v) is 9.39. The predicted octanol–water partition coefficient (Wildman–Crippen LogP) is 3.93. The Morgan fingerprint density at radius 1 is 0.900 bits per heavy atom. The molecule has 1 heterocycles. The molecule has 0 aliphatic rings. The lowest BCUT2D eigenvalue weighted by Gasteiger charge is -2.12. The Morgan fingerprint density at radius 3 is 2.10 bits per heavy atom. The van der Waals surface area contributed by atoms with E-state index in [-0.39, 0.29) is 5.91 Å². The molecule has 158 valence electrons. The van der Waals surface area contributed by atoms with Crippen LogP contribution in [0.25, 0.3) is 11.3 Å². The molecular weight excluding hydrogens is 386 g/mol. The van der Waals surface area contributed by atoms with Crippen molar-refractivity contribution in [3.8, 4) is 34.3 Å². The SMILES string of the molecule is CCc1[nH]nc(-c2ccc(OC)c(OC)c2)c1NC(=O)c1ccc(OC)c(OC)c1. The fraction of sp³-hybridized carbons (Fsp3) is 0.273. The summed E-state index contributed by atoms with van der Waals surface area (Å²) in [4.78, 5) is 13.0. The summed E-state index contributed by atoms with van der Waals surface area (Å²) >= 11 is 0. The van der Waals surface area contributed by atoms with Gasteiger partial charge in [0, 0.05) is 11.1 Å². The molecule has 0 unspecified atom stereocenters. The van der Waals surface area contributed by atoms with Gasteiger partial charge in [-0.15, -0.1) is 0 Å². The molecule has 0 saturated heterocycles. The number of rotatable bonds is 8. The molecule has 8 nitrogen and oxygen atoms in total. The van der Waals surface area contributed by atoms with Crippen LogP contribution in [-0.4, -0.2) is 44.5 Å². The maximum Gasteiger partial charge on any atom is 0.255 e. The Labute approximate surface area is 175 Å². The van der Waals surface area contributed by atoms with E-state index in [1.54, 1.807) is 45.6 Å². The smallest absolute Gasteiger partial charge is 0.255 e. The molecule has 30 heavy (non-hydrogen) atoms. The molecule has 1 amide bonds. The number of amides is 1. The molecule has 0 saturated carbocycles. The van der Waals surface area contributed by atoms with Crippen molar-refractivity contribution in [3.63, 3.8) is 0 Å². The molecule has 0 aliphatic carbocycles. The van der Waals surface area contributed by atoms with Crippen LogP contribution >= 0.6 is 0 Å². The van der Waals surface area contributed by atoms with Crippen LogP contribution in [0.2, 0.25) is 0 Å². The van der Waals surface area contributed by atoms with E-state index < -0.39 is 0 Å². The molecule has 0 atom stereocenters. The second-order valence-corrected chi connectivity index (χ2v) is 6.37. The van der Waals surface area contributed by atoms with Gasteiger partial charge >= 0.3 is 0 Å². The maximum absolute atomic E-state index is 13.0. The van der Waals surface area contributed by atoms with Gasteiger partial charge in [-0.1, -0.05) is 6.92 Å². The first-order chi connectivity index (χ1) is 14.6. The van der Waals surface area contributed by atoms with Gasteiger partial charge in [-0.05, 0) is 42.8 Å². The minimum absolute atomic E-state index is 0.284. The number of aromatic amines is 1. The van der Waals surface area contributed by atoms with Crippen molar-refractivity contribution < 1.29 is 23.7 Å². The predicted molar refractivity (Wildman–Crippen MR) is 114 cm³/mol. The maximum atomic E-state index is 13.0. The number of benzene rings is 2. The Balaban J connectivity index is 1.97. The second kappa shape index (κ2) is 9.21. The third-order valence-corrected chi connectivity index (χ3v) is 4.74. The highest BCUT2D eigenvalue weighted by atomic mass is 16.5. The fourth-order valence-electron chi connectivity index (χ4n) is 3.12. The van der Waals surface area contributed by atoms with Gasteiger partial charge in [0.1, 0.15) is 5.69 Å². The van der Waals surface area contributed by atoms with E-state index in [1.807, 2.05) is 19.1 Å². The summed E-state index contributed by atoms with van der Waals surface area (Å²) in [6.07, 6.45) is 0.668. The zero-order chi connectivity index (χ0) is 21.7. The van der Waals surface area contributed by atoms with Crippen molar-refractivity contribution >= 4 is 11.6 Å². The second-order valence-electron chi connectivity index (χ2n) is 6.37. The van der Waals surface area contributed by atoms with Crippen LogP contribution in [-0.2, 0) is 6.42 Å². The van der Waals surface area contributed by atoms with Crippen LogP contribution in [0, 0.1) is 0 Å². The van der Waals surface area contributed by atoms with Crippen molar-refractivity contribution in [2.24, 2.45) is 0 Å². The Hall–Kier alpha value is -3.68. The van der Waals surface area contributed by atoms with Crippen LogP contribution in [0.4, 0.5) is 5.69 Å². The molecule has 0 spiro atoms. The quantitative estimate of drug-likeness (QED) is 0.583. The number of nitrogens with one attached hydrogen (secondary N) is 2. The minimum Gasteiger partial charge on any atom is -0.493 e. The number of methoxy groups -OCH3 is 4. The van der Waals surface area contributed by atoms with Gasteiger partial charge in [-0.2, -0.15) is 5.10 Å². The van der Waals surface area contributed by atoms with E-state index in [0.717, 1.165) is 11.3 Å². The Bertz CT molecular complexity index is 1050. The summed E-state index contributed by atoms with van der Waals surface area (Å²) in [6.45, 7) is 1.98. The first-order valence-electron chi connectivity index (χ1n) is 9.39. The Morgan fingerprint density at radius 2 is 1.50 bits per heavy atom. The normalized spacial score (nSPS) is 10.4. The van der Waals surface area contributed by atoms with Gasteiger partial charge < -0.3 is 24.3 Å². The van der Waals surface area contributed by atoms with E-state index in [4.69, 9.17) is 18.9 Å². The topological polar surface area (TPSA) is 94.7 Å². The summed E-state index contributed by atoms with van der Waals surface area (Å²) in [5, 5.41) is 10.4. The van der Waals surface area contributed by atoms with Crippen LogP contribution in [0.1, 0.15) is 23.0 Å². The number of hydrogen-bond donors (Lipinski definition) is 2. The van der Waals surface area contributed by atoms with Gasteiger partial charge in [0.05, 0.1) is 39.8 Å². The molecule has 2 aromatic carbocycles. The monoisotopic (exact) mass is 411 g/mol. The Kier molecular flexibility index (Phi) is 6.46. The van der Waals surface area contributed by atoms with E-state index in [9.17, 15) is 4.79 Å². The van der Waals surface area contributed by atoms with E-state index in [0.29, 0.717) is 46.4 Å². The zero-order valence-corrected chi connectivity index (χ0v) is 17.7. The van der Waals surface area contributed by atoms with Crippen molar-refractivity contribution in [1.29, 1.82) is 0 Å². The summed E-state index contributed by atoms with van der Waals surface area (Å²) in [7, 11) is 6.23. The number of nitrogens with zero attached hydrogens (tertiary/aromatic N) is 1. The van der Waals surface area contributed by atoms with Gasteiger partial charge in [0.25, 0.3) is 5.91 Å². The molecule has 8 heteroatoms. The van der Waals surface area contributed by atoms with Gasteiger partial charge in [0.2, 0.25) is 0 Å². The number of ether oxygens (including phenoxy) is 4. The van der Waals surface area contributed by atoms with E-state index >= 15 is 0 Å². The lowest BCUT2D eigenvalue weighted by molar-refractivity contribution is 0.102.